The lowest BCUT2D eigenvalue weighted by atomic mass is 9.33. The molecule has 0 spiro atoms. The second-order valence-corrected chi connectivity index (χ2v) is 22.8. The Bertz CT molecular complexity index is 3180. The van der Waals surface area contributed by atoms with E-state index in [-0.39, 0.29) is 28.4 Å². The number of furan rings is 1. The van der Waals surface area contributed by atoms with E-state index in [1.54, 1.807) is 0 Å². The van der Waals surface area contributed by atoms with E-state index in [1.165, 1.54) is 44.3 Å². The molecule has 3 aliphatic rings. The van der Waals surface area contributed by atoms with Gasteiger partial charge in [-0.15, -0.1) is 0 Å². The van der Waals surface area contributed by atoms with Crippen LogP contribution in [-0.2, 0) is 21.7 Å². The van der Waals surface area contributed by atoms with Crippen LogP contribution in [0.5, 0.6) is 11.5 Å². The van der Waals surface area contributed by atoms with E-state index >= 15 is 0 Å². The summed E-state index contributed by atoms with van der Waals surface area (Å²) in [6.07, 6.45) is 0. The molecular weight excluding hydrogens is 805 g/mol. The first kappa shape index (κ1) is 42.0. The highest BCUT2D eigenvalue weighted by atomic mass is 16.5. The molecule has 1 aromatic heterocycles. The number of rotatable bonds is 3. The van der Waals surface area contributed by atoms with Crippen molar-refractivity contribution in [2.24, 2.45) is 0 Å². The molecule has 0 atom stereocenters. The normalized spacial score (nSPS) is 14.4. The Morgan fingerprint density at radius 2 is 0.833 bits per heavy atom. The van der Waals surface area contributed by atoms with Crippen LogP contribution in [0, 0.1) is 0 Å². The van der Waals surface area contributed by atoms with Gasteiger partial charge in [-0.2, -0.15) is 0 Å². The lowest BCUT2D eigenvalue weighted by Gasteiger charge is -2.44. The first-order chi connectivity index (χ1) is 31.3. The molecule has 6 heteroatoms. The van der Waals surface area contributed by atoms with Gasteiger partial charge in [-0.25, -0.2) is 0 Å². The van der Waals surface area contributed by atoms with E-state index in [9.17, 15) is 0 Å². The molecule has 0 amide bonds. The summed E-state index contributed by atoms with van der Waals surface area (Å²) in [5, 5.41) is 1.16. The summed E-state index contributed by atoms with van der Waals surface area (Å²) in [7, 11) is 0. The summed E-state index contributed by atoms with van der Waals surface area (Å²) in [6.45, 7) is 27.4. The minimum atomic E-state index is -0.132. The van der Waals surface area contributed by atoms with Gasteiger partial charge in [-0.3, -0.25) is 4.90 Å². The van der Waals surface area contributed by atoms with Crippen LogP contribution in [0.4, 0.5) is 51.4 Å². The van der Waals surface area contributed by atoms with E-state index in [4.69, 9.17) is 9.15 Å². The third-order valence-electron chi connectivity index (χ3n) is 14.1. The van der Waals surface area contributed by atoms with Crippen LogP contribution >= 0.6 is 0 Å². The second-order valence-electron chi connectivity index (χ2n) is 22.8. The summed E-state index contributed by atoms with van der Waals surface area (Å²) in [5.41, 5.74) is 18.2. The molecule has 0 N–H and O–H groups in total. The van der Waals surface area contributed by atoms with Crippen LogP contribution in [0.15, 0.2) is 150 Å². The second kappa shape index (κ2) is 14.4. The van der Waals surface area contributed by atoms with Gasteiger partial charge in [-0.1, -0.05) is 150 Å². The zero-order valence-electron chi connectivity index (χ0n) is 40.6. The Kier molecular flexibility index (Phi) is 9.18. The van der Waals surface area contributed by atoms with Crippen molar-refractivity contribution < 1.29 is 9.15 Å². The lowest BCUT2D eigenvalue weighted by molar-refractivity contribution is 0.477. The van der Waals surface area contributed by atoms with Crippen molar-refractivity contribution in [2.45, 2.75) is 105 Å². The van der Waals surface area contributed by atoms with Crippen LogP contribution in [0.3, 0.4) is 0 Å². The Morgan fingerprint density at radius 1 is 0.379 bits per heavy atom. The van der Waals surface area contributed by atoms with Crippen LogP contribution in [0.25, 0.3) is 11.0 Å². The lowest BCUT2D eigenvalue weighted by Crippen LogP contribution is -2.61. The van der Waals surface area contributed by atoms with Gasteiger partial charge in [0.2, 0.25) is 5.88 Å². The highest BCUT2D eigenvalue weighted by Crippen LogP contribution is 2.54. The molecule has 11 rings (SSSR count). The topological polar surface area (TPSA) is 32.1 Å². The van der Waals surface area contributed by atoms with Crippen molar-refractivity contribution >= 4 is 85.5 Å². The van der Waals surface area contributed by atoms with E-state index in [0.717, 1.165) is 68.2 Å². The SMILES string of the molecule is CC(C)(C)c1ccc(N2c3ccc(C(C)(C)C)cc3B3c4c2cc(N2c5ccccc5Oc5ccccc52)cc4N(c2ccc(C(C)(C)C)cc2)c2oc4ccc(C(C)(C)C)cc4c23)cc1. The van der Waals surface area contributed by atoms with Crippen LogP contribution in [0.2, 0.25) is 0 Å². The molecular formula is C60H60BN3O2. The third-order valence-corrected chi connectivity index (χ3v) is 14.1. The quantitative estimate of drug-likeness (QED) is 0.165. The Morgan fingerprint density at radius 3 is 1.38 bits per heavy atom. The van der Waals surface area contributed by atoms with E-state index in [2.05, 4.69) is 243 Å². The highest BCUT2D eigenvalue weighted by molar-refractivity contribution is 7.01. The van der Waals surface area contributed by atoms with Crippen LogP contribution in [-0.4, -0.2) is 6.71 Å². The van der Waals surface area contributed by atoms with Gasteiger partial charge >= 0.3 is 0 Å². The molecule has 0 fully saturated rings. The van der Waals surface area contributed by atoms with Gasteiger partial charge in [0.1, 0.15) is 5.58 Å². The molecule has 8 aromatic rings. The number of hydrogen-bond donors (Lipinski definition) is 0. The maximum Gasteiger partial charge on any atom is 0.257 e. The van der Waals surface area contributed by atoms with Gasteiger partial charge in [0.25, 0.3) is 6.71 Å². The maximum atomic E-state index is 7.32. The van der Waals surface area contributed by atoms with E-state index in [1.807, 2.05) is 0 Å². The van der Waals surface area contributed by atoms with Crippen molar-refractivity contribution in [3.63, 3.8) is 0 Å². The fourth-order valence-corrected chi connectivity index (χ4v) is 10.3. The minimum absolute atomic E-state index is 0.00683. The number of fused-ring (bicyclic) bond motifs is 8. The fourth-order valence-electron chi connectivity index (χ4n) is 10.3. The van der Waals surface area contributed by atoms with Gasteiger partial charge in [-0.05, 0) is 134 Å². The average molecular weight is 866 g/mol. The van der Waals surface area contributed by atoms with Crippen molar-refractivity contribution in [3.05, 3.63) is 168 Å². The number of nitrogens with zero attached hydrogens (tertiary/aromatic N) is 3. The highest BCUT2D eigenvalue weighted by Gasteiger charge is 2.47. The van der Waals surface area contributed by atoms with Gasteiger partial charge in [0, 0.05) is 39.3 Å². The summed E-state index contributed by atoms with van der Waals surface area (Å²) in [5.74, 6) is 2.50. The molecule has 0 saturated carbocycles. The number of hydrogen-bond acceptors (Lipinski definition) is 5. The predicted octanol–water partition coefficient (Wildman–Crippen LogP) is 15.3. The van der Waals surface area contributed by atoms with Crippen molar-refractivity contribution in [3.8, 4) is 11.5 Å². The first-order valence-electron chi connectivity index (χ1n) is 23.6. The Balaban J connectivity index is 1.29. The van der Waals surface area contributed by atoms with Crippen LogP contribution < -0.4 is 35.8 Å². The summed E-state index contributed by atoms with van der Waals surface area (Å²) < 4.78 is 13.9. The fraction of sp³-hybridized carbons (Fsp3) is 0.267. The predicted molar refractivity (Wildman–Crippen MR) is 280 cm³/mol. The smallest absolute Gasteiger partial charge is 0.257 e. The Hall–Kier alpha value is -6.66. The van der Waals surface area contributed by atoms with E-state index < -0.39 is 0 Å². The molecule has 0 aliphatic carbocycles. The van der Waals surface area contributed by atoms with Crippen molar-refractivity contribution in [1.82, 2.24) is 0 Å². The van der Waals surface area contributed by atoms with Gasteiger partial charge in [0.05, 0.1) is 17.1 Å². The molecule has 0 bridgehead atoms. The van der Waals surface area contributed by atoms with Gasteiger partial charge in [0.15, 0.2) is 11.5 Å². The molecule has 5 nitrogen and oxygen atoms in total. The molecule has 330 valence electrons. The zero-order valence-corrected chi connectivity index (χ0v) is 40.6. The molecule has 7 aromatic carbocycles. The zero-order chi connectivity index (χ0) is 46.2. The summed E-state index contributed by atoms with van der Waals surface area (Å²) >= 11 is 0. The van der Waals surface area contributed by atoms with Crippen molar-refractivity contribution in [1.29, 1.82) is 0 Å². The standard InChI is InChI=1S/C60H60BN3O2/c1-57(2,3)37-21-27-41(28-22-37)62-46-31-25-40(60(10,11)12)34-45(46)61-54-44-33-39(59(7,8)9)26-32-51(44)66-56(54)64(42-29-23-38(24-30-42)58(4,5)6)50-36-43(35-49(62)55(50)61)63-47-17-13-15-19-52(47)65-53-20-16-14-18-48(53)63/h13-36H,1-12H3. The number of para-hydroxylation sites is 4. The summed E-state index contributed by atoms with van der Waals surface area (Å²) in [6, 6.07) is 54.1. The molecule has 0 unspecified atom stereocenters. The molecule has 66 heavy (non-hydrogen) atoms. The maximum absolute atomic E-state index is 7.32. The van der Waals surface area contributed by atoms with Gasteiger partial charge < -0.3 is 19.0 Å². The molecule has 0 radical (unpaired) electrons. The average Bonchev–Trinajstić information content (AvgIpc) is 3.65. The molecule has 3 aliphatic heterocycles. The molecule has 0 saturated heterocycles. The minimum Gasteiger partial charge on any atom is -0.453 e. The number of benzene rings is 7. The largest absolute Gasteiger partial charge is 0.453 e. The monoisotopic (exact) mass is 865 g/mol. The third kappa shape index (κ3) is 6.66. The van der Waals surface area contributed by atoms with Crippen LogP contribution in [0.1, 0.15) is 105 Å². The first-order valence-corrected chi connectivity index (χ1v) is 23.6. The summed E-state index contributed by atoms with van der Waals surface area (Å²) in [4.78, 5) is 7.32. The number of ether oxygens (including phenoxy) is 1. The molecule has 4 heterocycles. The van der Waals surface area contributed by atoms with E-state index in [0.29, 0.717) is 0 Å². The Labute approximate surface area is 391 Å². The van der Waals surface area contributed by atoms with Crippen molar-refractivity contribution in [2.75, 3.05) is 14.7 Å². The number of anilines is 9.